The summed E-state index contributed by atoms with van der Waals surface area (Å²) in [5, 5.41) is 8.99. The molecular formula is C34H21CuN6-3. The van der Waals surface area contributed by atoms with Crippen molar-refractivity contribution in [2.75, 3.05) is 0 Å². The van der Waals surface area contributed by atoms with Crippen molar-refractivity contribution in [3.63, 3.8) is 0 Å². The number of hydrogen-bond donors (Lipinski definition) is 0. The summed E-state index contributed by atoms with van der Waals surface area (Å²) in [6.45, 7) is 0. The van der Waals surface area contributed by atoms with Gasteiger partial charge >= 0.3 is 0 Å². The monoisotopic (exact) mass is 576 g/mol. The van der Waals surface area contributed by atoms with Gasteiger partial charge in [-0.25, -0.2) is 4.99 Å². The molecule has 0 amide bonds. The molecule has 3 unspecified atom stereocenters. The Morgan fingerprint density at radius 1 is 0.537 bits per heavy atom. The fraction of sp³-hybridized carbons (Fsp3) is 0.0882. The smallest absolute Gasteiger partial charge is 0.160 e. The van der Waals surface area contributed by atoms with Crippen molar-refractivity contribution in [1.29, 1.82) is 0 Å². The average Bonchev–Trinajstić information content (AvgIpc) is 3.73. The van der Waals surface area contributed by atoms with Crippen molar-refractivity contribution < 1.29 is 17.1 Å². The summed E-state index contributed by atoms with van der Waals surface area (Å²) < 4.78 is 0. The Labute approximate surface area is 246 Å². The molecule has 3 aliphatic heterocycles. The summed E-state index contributed by atoms with van der Waals surface area (Å²) in [7, 11) is 0. The Balaban J connectivity index is 0.00000256. The third-order valence-electron chi connectivity index (χ3n) is 8.09. The minimum atomic E-state index is -0.395. The maximum atomic E-state index is 5.27. The van der Waals surface area contributed by atoms with Crippen molar-refractivity contribution >= 4 is 28.2 Å². The van der Waals surface area contributed by atoms with Crippen molar-refractivity contribution in [2.24, 2.45) is 25.0 Å². The first-order valence-electron chi connectivity index (χ1n) is 13.5. The molecule has 5 aromatic carbocycles. The SMILES string of the molecule is [Cu].c1ccc2c(c1)C1=N/C2=N\C2[N-]C(/N=C3\[CH-]C(N=c4[cH-]c(c5ccccc45)=N1)c1ccccc13)c1ccccc12. The average molecular weight is 577 g/mol. The number of aliphatic imine (C=N–C) groups is 3. The van der Waals surface area contributed by atoms with E-state index in [0.29, 0.717) is 11.7 Å². The van der Waals surface area contributed by atoms with Gasteiger partial charge in [-0.05, 0) is 28.8 Å². The Bertz CT molecular complexity index is 2100. The van der Waals surface area contributed by atoms with Crippen LogP contribution in [-0.2, 0) is 17.1 Å². The first-order chi connectivity index (χ1) is 19.8. The molecule has 0 aromatic heterocycles. The van der Waals surface area contributed by atoms with E-state index in [1.54, 1.807) is 0 Å². The van der Waals surface area contributed by atoms with Crippen LogP contribution in [0.1, 0.15) is 51.8 Å². The fourth-order valence-electron chi connectivity index (χ4n) is 6.22. The normalized spacial score (nSPS) is 23.7. The molecule has 0 saturated heterocycles. The number of hydrogen-bond acceptors (Lipinski definition) is 5. The number of nitrogens with zero attached hydrogens (tertiary/aromatic N) is 6. The second-order valence-corrected chi connectivity index (χ2v) is 10.4. The third kappa shape index (κ3) is 3.71. The minimum absolute atomic E-state index is 0. The zero-order valence-corrected chi connectivity index (χ0v) is 22.6. The molecule has 201 valence electrons. The van der Waals surface area contributed by atoms with Gasteiger partial charge in [0.25, 0.3) is 0 Å². The van der Waals surface area contributed by atoms with Crippen LogP contribution in [0.5, 0.6) is 0 Å². The molecule has 7 heteroatoms. The van der Waals surface area contributed by atoms with E-state index >= 15 is 0 Å². The minimum Gasteiger partial charge on any atom is -0.611 e. The van der Waals surface area contributed by atoms with Crippen LogP contribution >= 0.6 is 0 Å². The molecule has 6 nitrogen and oxygen atoms in total. The molecule has 0 saturated carbocycles. The molecule has 8 bridgehead atoms. The number of amidine groups is 2. The standard InChI is InChI=1S/C34H21N6.Cu/c1-3-11-21-19(9-1)27-17-29(21)36-31-23-13-5-7-15-25(23)33(38-31)40-34-26-16-8-6-14-24(26)32(39-34)37-30-18-28(35-27)20-10-2-4-12-22(20)30;/h1-18,27,31,33H;/q-3;/b35-28?,36-29+,37-30?,40-34-;. The molecule has 0 N–H and O–H groups in total. The van der Waals surface area contributed by atoms with E-state index in [4.69, 9.17) is 30.3 Å². The largest absolute Gasteiger partial charge is 0.611 e. The Kier molecular flexibility index (Phi) is 5.47. The van der Waals surface area contributed by atoms with Crippen LogP contribution in [0.2, 0.25) is 0 Å². The molecule has 1 aliphatic carbocycles. The van der Waals surface area contributed by atoms with E-state index in [1.807, 2.05) is 30.3 Å². The molecule has 0 fully saturated rings. The van der Waals surface area contributed by atoms with Gasteiger partial charge in [0.05, 0.1) is 0 Å². The third-order valence-corrected chi connectivity index (χ3v) is 8.09. The molecule has 9 rings (SSSR count). The molecule has 3 atom stereocenters. The number of benzene rings is 4. The summed E-state index contributed by atoms with van der Waals surface area (Å²) in [5.74, 6) is 1.31. The second kappa shape index (κ2) is 9.25. The number of rotatable bonds is 0. The fourth-order valence-corrected chi connectivity index (χ4v) is 6.22. The Morgan fingerprint density at radius 2 is 1.12 bits per heavy atom. The van der Waals surface area contributed by atoms with Gasteiger partial charge in [0, 0.05) is 34.2 Å². The van der Waals surface area contributed by atoms with E-state index in [0.717, 1.165) is 60.6 Å². The van der Waals surface area contributed by atoms with Gasteiger partial charge in [0.1, 0.15) is 0 Å². The number of fused-ring (bicyclic) bond motifs is 19. The topological polar surface area (TPSA) is 75.9 Å². The Morgan fingerprint density at radius 3 is 1.88 bits per heavy atom. The summed E-state index contributed by atoms with van der Waals surface area (Å²) in [6.07, 6.45) is 1.41. The molecule has 41 heavy (non-hydrogen) atoms. The van der Waals surface area contributed by atoms with Crippen LogP contribution in [0, 0.1) is 6.42 Å². The van der Waals surface area contributed by atoms with E-state index in [1.165, 1.54) is 0 Å². The predicted molar refractivity (Wildman–Crippen MR) is 157 cm³/mol. The molecule has 5 aromatic rings. The van der Waals surface area contributed by atoms with Crippen LogP contribution < -0.4 is 10.7 Å². The van der Waals surface area contributed by atoms with E-state index in [2.05, 4.69) is 79.2 Å². The van der Waals surface area contributed by atoms with Crippen molar-refractivity contribution in [3.8, 4) is 0 Å². The van der Waals surface area contributed by atoms with Crippen LogP contribution in [-0.4, -0.2) is 17.4 Å². The molecular weight excluding hydrogens is 556 g/mol. The first kappa shape index (κ1) is 24.3. The quantitative estimate of drug-likeness (QED) is 0.164. The Hall–Kier alpha value is -4.55. The van der Waals surface area contributed by atoms with Gasteiger partial charge in [-0.1, -0.05) is 89.9 Å². The summed E-state index contributed by atoms with van der Waals surface area (Å²) in [5.41, 5.74) is 7.24. The van der Waals surface area contributed by atoms with E-state index in [-0.39, 0.29) is 29.3 Å². The zero-order valence-electron chi connectivity index (χ0n) is 21.6. The van der Waals surface area contributed by atoms with Gasteiger partial charge < -0.3 is 15.3 Å². The summed E-state index contributed by atoms with van der Waals surface area (Å²) in [6, 6.07) is 35.1. The molecule has 1 radical (unpaired) electrons. The predicted octanol–water partition coefficient (Wildman–Crippen LogP) is 5.85. The van der Waals surface area contributed by atoms with Gasteiger partial charge in [-0.2, -0.15) is 6.42 Å². The first-order valence-corrected chi connectivity index (χ1v) is 13.5. The second-order valence-electron chi connectivity index (χ2n) is 10.4. The van der Waals surface area contributed by atoms with Crippen molar-refractivity contribution in [1.82, 2.24) is 0 Å². The van der Waals surface area contributed by atoms with Gasteiger partial charge in [0.2, 0.25) is 0 Å². The molecule has 4 aliphatic rings. The molecule has 3 heterocycles. The van der Waals surface area contributed by atoms with Crippen LogP contribution in [0.3, 0.4) is 0 Å². The van der Waals surface area contributed by atoms with Gasteiger partial charge in [-0.3, -0.25) is 9.98 Å². The van der Waals surface area contributed by atoms with Crippen LogP contribution in [0.15, 0.2) is 128 Å². The van der Waals surface area contributed by atoms with Gasteiger partial charge in [0.15, 0.2) is 11.7 Å². The van der Waals surface area contributed by atoms with Crippen molar-refractivity contribution in [3.05, 3.63) is 159 Å². The van der Waals surface area contributed by atoms with Crippen LogP contribution in [0.4, 0.5) is 0 Å². The maximum absolute atomic E-state index is 5.27. The molecule has 0 spiro atoms. The summed E-state index contributed by atoms with van der Waals surface area (Å²) >= 11 is 0. The zero-order chi connectivity index (χ0) is 26.2. The van der Waals surface area contributed by atoms with Gasteiger partial charge in [-0.15, -0.1) is 46.2 Å². The summed E-state index contributed by atoms with van der Waals surface area (Å²) in [4.78, 5) is 25.6. The van der Waals surface area contributed by atoms with E-state index < -0.39 is 6.17 Å². The van der Waals surface area contributed by atoms with E-state index in [9.17, 15) is 0 Å². The maximum Gasteiger partial charge on any atom is 0.160 e. The van der Waals surface area contributed by atoms with Crippen molar-refractivity contribution in [2.45, 2.75) is 18.4 Å². The van der Waals surface area contributed by atoms with Crippen LogP contribution in [0.25, 0.3) is 16.1 Å².